The van der Waals surface area contributed by atoms with Gasteiger partial charge in [0.05, 0.1) is 12.2 Å². The van der Waals surface area contributed by atoms with Gasteiger partial charge in [-0.15, -0.1) is 0 Å². The van der Waals surface area contributed by atoms with Crippen LogP contribution < -0.4 is 0 Å². The molecule has 1 atom stereocenters. The summed E-state index contributed by atoms with van der Waals surface area (Å²) < 4.78 is 13.4. The smallest absolute Gasteiger partial charge is 0.254 e. The number of aliphatic hydroxyl groups is 1. The van der Waals surface area contributed by atoms with Crippen LogP contribution in [0.25, 0.3) is 0 Å². The van der Waals surface area contributed by atoms with Crippen LogP contribution in [0.5, 0.6) is 0 Å². The van der Waals surface area contributed by atoms with Gasteiger partial charge in [0.25, 0.3) is 5.91 Å². The summed E-state index contributed by atoms with van der Waals surface area (Å²) in [6.45, 7) is 4.72. The second kappa shape index (κ2) is 8.43. The maximum atomic E-state index is 13.4. The number of hydrogen-bond donors (Lipinski definition) is 1. The quantitative estimate of drug-likeness (QED) is 0.847. The van der Waals surface area contributed by atoms with Crippen molar-refractivity contribution < 1.29 is 14.3 Å². The lowest BCUT2D eigenvalue weighted by molar-refractivity contribution is 0.0774. The number of hydrogen-bond acceptors (Lipinski definition) is 2. The van der Waals surface area contributed by atoms with Gasteiger partial charge in [0.1, 0.15) is 5.82 Å². The van der Waals surface area contributed by atoms with E-state index in [1.807, 2.05) is 0 Å². The molecule has 0 saturated heterocycles. The van der Waals surface area contributed by atoms with Crippen LogP contribution in [0.4, 0.5) is 4.39 Å². The normalized spacial score (nSPS) is 11.5. The minimum Gasteiger partial charge on any atom is -0.395 e. The molecule has 0 aliphatic rings. The van der Waals surface area contributed by atoms with Crippen molar-refractivity contribution in [3.63, 3.8) is 0 Å². The number of carbonyl (C=O) groups is 1. The fourth-order valence-corrected chi connectivity index (χ4v) is 1.90. The molecule has 21 heavy (non-hydrogen) atoms. The Hall–Kier alpha value is -1.86. The molecule has 1 unspecified atom stereocenters. The lowest BCUT2D eigenvalue weighted by atomic mass is 10.0. The molecule has 114 valence electrons. The van der Waals surface area contributed by atoms with Crippen LogP contribution >= 0.6 is 0 Å². The predicted molar refractivity (Wildman–Crippen MR) is 81.4 cm³/mol. The van der Waals surface area contributed by atoms with Crippen LogP contribution in [-0.2, 0) is 0 Å². The van der Waals surface area contributed by atoms with E-state index >= 15 is 0 Å². The van der Waals surface area contributed by atoms with E-state index in [1.54, 1.807) is 11.9 Å². The van der Waals surface area contributed by atoms with Crippen molar-refractivity contribution in [1.29, 1.82) is 0 Å². The van der Waals surface area contributed by atoms with E-state index in [2.05, 4.69) is 25.7 Å². The van der Waals surface area contributed by atoms with Gasteiger partial charge in [-0.05, 0) is 24.1 Å². The zero-order valence-electron chi connectivity index (χ0n) is 12.8. The lowest BCUT2D eigenvalue weighted by Crippen LogP contribution is -2.31. The summed E-state index contributed by atoms with van der Waals surface area (Å²) in [6.07, 6.45) is 1.30. The Morgan fingerprint density at radius 3 is 2.81 bits per heavy atom. The van der Waals surface area contributed by atoms with Crippen molar-refractivity contribution in [3.05, 3.63) is 35.1 Å². The molecule has 0 bridgehead atoms. The Balaban J connectivity index is 3.02. The van der Waals surface area contributed by atoms with Gasteiger partial charge >= 0.3 is 0 Å². The molecule has 4 heteroatoms. The van der Waals surface area contributed by atoms with Gasteiger partial charge in [-0.2, -0.15) is 0 Å². The summed E-state index contributed by atoms with van der Waals surface area (Å²) in [6, 6.07) is 4.01. The number of amides is 1. The topological polar surface area (TPSA) is 40.5 Å². The van der Waals surface area contributed by atoms with E-state index in [0.717, 1.165) is 6.42 Å². The van der Waals surface area contributed by atoms with Gasteiger partial charge in [0, 0.05) is 25.6 Å². The molecule has 0 fully saturated rings. The van der Waals surface area contributed by atoms with Crippen LogP contribution in [0.3, 0.4) is 0 Å². The molecule has 1 aromatic carbocycles. The van der Waals surface area contributed by atoms with Crippen molar-refractivity contribution in [2.45, 2.75) is 26.7 Å². The number of carbonyl (C=O) groups excluding carboxylic acids is 1. The molecular formula is C17H22FNO2. The average Bonchev–Trinajstić information content (AvgIpc) is 2.47. The van der Waals surface area contributed by atoms with Crippen molar-refractivity contribution >= 4 is 5.91 Å². The standard InChI is InChI=1S/C17H22FNO2/c1-4-13(2)12-19(3)17(21)16-11-15(18)9-8-14(16)7-5-6-10-20/h8-9,11,13,20H,4,6,10,12H2,1-3H3. The molecule has 1 amide bonds. The molecule has 0 spiro atoms. The van der Waals surface area contributed by atoms with Crippen LogP contribution in [0.1, 0.15) is 42.6 Å². The van der Waals surface area contributed by atoms with Gasteiger partial charge in [-0.3, -0.25) is 4.79 Å². The van der Waals surface area contributed by atoms with E-state index in [1.165, 1.54) is 18.2 Å². The molecule has 0 aromatic heterocycles. The fourth-order valence-electron chi connectivity index (χ4n) is 1.90. The highest BCUT2D eigenvalue weighted by atomic mass is 19.1. The highest BCUT2D eigenvalue weighted by molar-refractivity contribution is 5.96. The van der Waals surface area contributed by atoms with Crippen molar-refractivity contribution in [2.24, 2.45) is 5.92 Å². The van der Waals surface area contributed by atoms with Gasteiger partial charge in [-0.1, -0.05) is 32.1 Å². The zero-order valence-corrected chi connectivity index (χ0v) is 12.8. The van der Waals surface area contributed by atoms with E-state index in [-0.39, 0.29) is 18.1 Å². The monoisotopic (exact) mass is 291 g/mol. The van der Waals surface area contributed by atoms with E-state index in [4.69, 9.17) is 5.11 Å². The third-order valence-corrected chi connectivity index (χ3v) is 3.30. The third-order valence-electron chi connectivity index (χ3n) is 3.30. The minimum atomic E-state index is -0.456. The van der Waals surface area contributed by atoms with Gasteiger partial charge in [0.2, 0.25) is 0 Å². The first-order valence-electron chi connectivity index (χ1n) is 7.14. The summed E-state index contributed by atoms with van der Waals surface area (Å²) in [4.78, 5) is 14.0. The Bertz CT molecular complexity index is 545. The summed E-state index contributed by atoms with van der Waals surface area (Å²) >= 11 is 0. The molecule has 3 nitrogen and oxygen atoms in total. The SMILES string of the molecule is CCC(C)CN(C)C(=O)c1cc(F)ccc1C#CCCO. The van der Waals surface area contributed by atoms with Gasteiger partial charge < -0.3 is 10.0 Å². The van der Waals surface area contributed by atoms with E-state index in [9.17, 15) is 9.18 Å². The Kier molecular flexibility index (Phi) is 6.90. The van der Waals surface area contributed by atoms with E-state index in [0.29, 0.717) is 24.4 Å². The van der Waals surface area contributed by atoms with Crippen LogP contribution in [0, 0.1) is 23.6 Å². The maximum absolute atomic E-state index is 13.4. The molecule has 0 heterocycles. The van der Waals surface area contributed by atoms with Crippen molar-refractivity contribution in [2.75, 3.05) is 20.2 Å². The van der Waals surface area contributed by atoms with E-state index < -0.39 is 5.82 Å². The summed E-state index contributed by atoms with van der Waals surface area (Å²) in [5.74, 6) is 5.28. The van der Waals surface area contributed by atoms with Gasteiger partial charge in [-0.25, -0.2) is 4.39 Å². The third kappa shape index (κ3) is 5.20. The summed E-state index contributed by atoms with van der Waals surface area (Å²) in [7, 11) is 1.71. The highest BCUT2D eigenvalue weighted by Crippen LogP contribution is 2.14. The minimum absolute atomic E-state index is 0.0363. The molecule has 0 radical (unpaired) electrons. The number of rotatable bonds is 5. The number of aliphatic hydroxyl groups excluding tert-OH is 1. The molecule has 0 saturated carbocycles. The predicted octanol–water partition coefficient (Wildman–Crippen LogP) is 2.68. The number of benzene rings is 1. The highest BCUT2D eigenvalue weighted by Gasteiger charge is 2.17. The van der Waals surface area contributed by atoms with Crippen LogP contribution in [0.2, 0.25) is 0 Å². The molecule has 1 rings (SSSR count). The Labute approximate surface area is 125 Å². The average molecular weight is 291 g/mol. The zero-order chi connectivity index (χ0) is 15.8. The largest absolute Gasteiger partial charge is 0.395 e. The second-order valence-electron chi connectivity index (χ2n) is 5.16. The first-order valence-corrected chi connectivity index (χ1v) is 7.14. The summed E-state index contributed by atoms with van der Waals surface area (Å²) in [5.41, 5.74) is 0.761. The first-order chi connectivity index (χ1) is 9.99. The first kappa shape index (κ1) is 17.2. The fraction of sp³-hybridized carbons (Fsp3) is 0.471. The Morgan fingerprint density at radius 1 is 1.48 bits per heavy atom. The molecule has 1 N–H and O–H groups in total. The van der Waals surface area contributed by atoms with Crippen molar-refractivity contribution in [3.8, 4) is 11.8 Å². The Morgan fingerprint density at radius 2 is 2.19 bits per heavy atom. The second-order valence-corrected chi connectivity index (χ2v) is 5.16. The summed E-state index contributed by atoms with van der Waals surface area (Å²) in [5, 5.41) is 8.74. The molecule has 0 aliphatic carbocycles. The molecule has 1 aromatic rings. The molecule has 0 aliphatic heterocycles. The lowest BCUT2D eigenvalue weighted by Gasteiger charge is -2.21. The van der Waals surface area contributed by atoms with Crippen LogP contribution in [-0.4, -0.2) is 36.1 Å². The van der Waals surface area contributed by atoms with Crippen LogP contribution in [0.15, 0.2) is 18.2 Å². The maximum Gasteiger partial charge on any atom is 0.254 e. The van der Waals surface area contributed by atoms with Gasteiger partial charge in [0.15, 0.2) is 0 Å². The van der Waals surface area contributed by atoms with Crippen molar-refractivity contribution in [1.82, 2.24) is 4.90 Å². The molecular weight excluding hydrogens is 269 g/mol. The number of halogens is 1. The number of nitrogens with zero attached hydrogens (tertiary/aromatic N) is 1.